The van der Waals surface area contributed by atoms with Gasteiger partial charge in [0.15, 0.2) is 5.65 Å². The van der Waals surface area contributed by atoms with Crippen LogP contribution in [0.25, 0.3) is 16.7 Å². The number of hydrogen-bond donors (Lipinski definition) is 0. The normalized spacial score (nSPS) is 16.9. The van der Waals surface area contributed by atoms with E-state index in [4.69, 9.17) is 0 Å². The van der Waals surface area contributed by atoms with Gasteiger partial charge in [0.1, 0.15) is 0 Å². The maximum atomic E-state index is 13.6. The molecular formula is C25H24N4OS. The van der Waals surface area contributed by atoms with Gasteiger partial charge in [0.25, 0.3) is 5.91 Å². The van der Waals surface area contributed by atoms with Crippen LogP contribution in [-0.2, 0) is 0 Å². The fraction of sp³-hybridized carbons (Fsp3) is 0.240. The third-order valence-corrected chi connectivity index (χ3v) is 6.87. The lowest BCUT2D eigenvalue weighted by Crippen LogP contribution is -2.36. The van der Waals surface area contributed by atoms with Gasteiger partial charge in [-0.2, -0.15) is 16.9 Å². The largest absolute Gasteiger partial charge is 0.331 e. The van der Waals surface area contributed by atoms with Crippen molar-refractivity contribution in [3.05, 3.63) is 89.7 Å². The molecule has 4 aromatic rings. The summed E-state index contributed by atoms with van der Waals surface area (Å²) in [5, 5.41) is 5.59. The fourth-order valence-corrected chi connectivity index (χ4v) is 5.24. The number of pyridine rings is 1. The molecule has 0 saturated carbocycles. The van der Waals surface area contributed by atoms with Crippen LogP contribution in [0.2, 0.25) is 0 Å². The number of carbonyl (C=O) groups excluding carboxylic acids is 1. The maximum absolute atomic E-state index is 13.6. The SMILES string of the molecule is Cc1nn(-c2ccccc2)c2ncc(C(=O)N3CCCSCC3c3ccccc3)cc12. The Labute approximate surface area is 186 Å². The molecule has 1 amide bonds. The first-order valence-electron chi connectivity index (χ1n) is 10.6. The minimum Gasteiger partial charge on any atom is -0.331 e. The number of benzene rings is 2. The van der Waals surface area contributed by atoms with E-state index in [1.807, 2.05) is 82.9 Å². The highest BCUT2D eigenvalue weighted by Gasteiger charge is 2.28. The van der Waals surface area contributed by atoms with E-state index >= 15 is 0 Å². The molecule has 1 aliphatic heterocycles. The van der Waals surface area contributed by atoms with Crippen molar-refractivity contribution in [3.63, 3.8) is 0 Å². The average Bonchev–Trinajstić information content (AvgIpc) is 2.99. The van der Waals surface area contributed by atoms with E-state index in [1.54, 1.807) is 6.20 Å². The molecular weight excluding hydrogens is 404 g/mol. The van der Waals surface area contributed by atoms with Gasteiger partial charge in [-0.3, -0.25) is 4.79 Å². The van der Waals surface area contributed by atoms with Crippen LogP contribution in [0.4, 0.5) is 0 Å². The van der Waals surface area contributed by atoms with Crippen molar-refractivity contribution in [1.29, 1.82) is 0 Å². The summed E-state index contributed by atoms with van der Waals surface area (Å²) in [6.45, 7) is 2.72. The van der Waals surface area contributed by atoms with Crippen LogP contribution >= 0.6 is 11.8 Å². The number of amides is 1. The van der Waals surface area contributed by atoms with Crippen molar-refractivity contribution >= 4 is 28.7 Å². The second-order valence-corrected chi connectivity index (χ2v) is 8.93. The molecule has 2 aromatic carbocycles. The zero-order valence-corrected chi connectivity index (χ0v) is 18.3. The molecule has 1 unspecified atom stereocenters. The zero-order chi connectivity index (χ0) is 21.2. The fourth-order valence-electron chi connectivity index (χ4n) is 4.15. The Balaban J connectivity index is 1.52. The molecule has 0 bridgehead atoms. The van der Waals surface area contributed by atoms with Gasteiger partial charge in [-0.15, -0.1) is 0 Å². The van der Waals surface area contributed by atoms with Gasteiger partial charge in [0.2, 0.25) is 0 Å². The van der Waals surface area contributed by atoms with Crippen LogP contribution < -0.4 is 0 Å². The molecule has 6 heteroatoms. The predicted octanol–water partition coefficient (Wildman–Crippen LogP) is 5.05. The highest BCUT2D eigenvalue weighted by Crippen LogP contribution is 2.31. The molecule has 156 valence electrons. The molecule has 0 spiro atoms. The Morgan fingerprint density at radius 3 is 2.58 bits per heavy atom. The minimum absolute atomic E-state index is 0.0395. The van der Waals surface area contributed by atoms with E-state index in [-0.39, 0.29) is 11.9 Å². The Hall–Kier alpha value is -3.12. The highest BCUT2D eigenvalue weighted by atomic mass is 32.2. The number of rotatable bonds is 3. The van der Waals surface area contributed by atoms with Crippen molar-refractivity contribution in [2.24, 2.45) is 0 Å². The maximum Gasteiger partial charge on any atom is 0.255 e. The van der Waals surface area contributed by atoms with Crippen molar-refractivity contribution in [3.8, 4) is 5.69 Å². The first-order valence-corrected chi connectivity index (χ1v) is 11.7. The number of hydrogen-bond acceptors (Lipinski definition) is 4. The number of fused-ring (bicyclic) bond motifs is 1. The number of aromatic nitrogens is 3. The Morgan fingerprint density at radius 2 is 1.81 bits per heavy atom. The molecule has 1 saturated heterocycles. The van der Waals surface area contributed by atoms with Crippen LogP contribution in [0.5, 0.6) is 0 Å². The lowest BCUT2D eigenvalue weighted by Gasteiger charge is -2.30. The predicted molar refractivity (Wildman–Crippen MR) is 126 cm³/mol. The Kier molecular flexibility index (Phi) is 5.47. The summed E-state index contributed by atoms with van der Waals surface area (Å²) in [5.74, 6) is 2.03. The number of para-hydroxylation sites is 1. The molecule has 0 aliphatic carbocycles. The summed E-state index contributed by atoms with van der Waals surface area (Å²) in [6.07, 6.45) is 2.70. The number of nitrogens with zero attached hydrogens (tertiary/aromatic N) is 4. The third kappa shape index (κ3) is 3.83. The molecule has 0 N–H and O–H groups in total. The molecule has 1 atom stereocenters. The lowest BCUT2D eigenvalue weighted by atomic mass is 10.1. The average molecular weight is 429 g/mol. The molecule has 3 heterocycles. The van der Waals surface area contributed by atoms with E-state index in [9.17, 15) is 4.79 Å². The number of thioether (sulfide) groups is 1. The topological polar surface area (TPSA) is 51.0 Å². The summed E-state index contributed by atoms with van der Waals surface area (Å²) >= 11 is 1.92. The molecule has 5 rings (SSSR count). The first-order chi connectivity index (χ1) is 15.2. The number of aryl methyl sites for hydroxylation is 1. The van der Waals surface area contributed by atoms with E-state index in [2.05, 4.69) is 22.2 Å². The summed E-state index contributed by atoms with van der Waals surface area (Å²) in [6, 6.07) is 22.3. The third-order valence-electron chi connectivity index (χ3n) is 5.74. The van der Waals surface area contributed by atoms with Gasteiger partial charge in [-0.1, -0.05) is 48.5 Å². The standard InChI is InChI=1S/C25H24N4OS/c1-18-22-15-20(16-26-24(22)29(27-18)21-11-6-3-7-12-21)25(30)28-13-8-14-31-17-23(28)19-9-4-2-5-10-19/h2-7,9-12,15-16,23H,8,13-14,17H2,1H3. The molecule has 1 aliphatic rings. The van der Waals surface area contributed by atoms with E-state index in [0.29, 0.717) is 5.56 Å². The summed E-state index contributed by atoms with van der Waals surface area (Å²) in [4.78, 5) is 20.3. The zero-order valence-electron chi connectivity index (χ0n) is 17.4. The number of carbonyl (C=O) groups is 1. The Morgan fingerprint density at radius 1 is 1.06 bits per heavy atom. The van der Waals surface area contributed by atoms with E-state index in [1.165, 1.54) is 5.56 Å². The molecule has 5 nitrogen and oxygen atoms in total. The van der Waals surface area contributed by atoms with Gasteiger partial charge >= 0.3 is 0 Å². The van der Waals surface area contributed by atoms with E-state index < -0.39 is 0 Å². The monoisotopic (exact) mass is 428 g/mol. The summed E-state index contributed by atoms with van der Waals surface area (Å²) in [7, 11) is 0. The first kappa shape index (κ1) is 19.8. The highest BCUT2D eigenvalue weighted by molar-refractivity contribution is 7.99. The van der Waals surface area contributed by atoms with Gasteiger partial charge in [0, 0.05) is 23.9 Å². The van der Waals surface area contributed by atoms with Gasteiger partial charge < -0.3 is 4.90 Å². The second-order valence-electron chi connectivity index (χ2n) is 7.78. The van der Waals surface area contributed by atoms with Gasteiger partial charge in [-0.25, -0.2) is 9.67 Å². The quantitative estimate of drug-likeness (QED) is 0.458. The lowest BCUT2D eigenvalue weighted by molar-refractivity contribution is 0.0698. The van der Waals surface area contributed by atoms with Gasteiger partial charge in [-0.05, 0) is 42.9 Å². The van der Waals surface area contributed by atoms with Crippen molar-refractivity contribution in [2.45, 2.75) is 19.4 Å². The smallest absolute Gasteiger partial charge is 0.255 e. The molecule has 31 heavy (non-hydrogen) atoms. The van der Waals surface area contributed by atoms with E-state index in [0.717, 1.165) is 46.9 Å². The van der Waals surface area contributed by atoms with Crippen molar-refractivity contribution in [1.82, 2.24) is 19.7 Å². The van der Waals surface area contributed by atoms with Crippen LogP contribution in [0.3, 0.4) is 0 Å². The van der Waals surface area contributed by atoms with Crippen LogP contribution in [-0.4, -0.2) is 43.6 Å². The second kappa shape index (κ2) is 8.55. The van der Waals surface area contributed by atoms with Gasteiger partial charge in [0.05, 0.1) is 23.0 Å². The molecule has 0 radical (unpaired) electrons. The van der Waals surface area contributed by atoms with Crippen LogP contribution in [0.1, 0.15) is 34.1 Å². The summed E-state index contributed by atoms with van der Waals surface area (Å²) in [5.41, 5.74) is 4.41. The van der Waals surface area contributed by atoms with Crippen molar-refractivity contribution in [2.75, 3.05) is 18.1 Å². The molecule has 1 fully saturated rings. The van der Waals surface area contributed by atoms with Crippen LogP contribution in [0.15, 0.2) is 72.9 Å². The summed E-state index contributed by atoms with van der Waals surface area (Å²) < 4.78 is 1.84. The van der Waals surface area contributed by atoms with Crippen LogP contribution in [0, 0.1) is 6.92 Å². The van der Waals surface area contributed by atoms with Crippen molar-refractivity contribution < 1.29 is 4.79 Å². The minimum atomic E-state index is 0.0395. The Bertz CT molecular complexity index is 1210. The molecule has 2 aromatic heterocycles.